The predicted octanol–water partition coefficient (Wildman–Crippen LogP) is 3.04. The molecule has 0 aliphatic rings. The van der Waals surface area contributed by atoms with Gasteiger partial charge in [-0.15, -0.1) is 0 Å². The largest absolute Gasteiger partial charge is 0.496 e. The van der Waals surface area contributed by atoms with Crippen molar-refractivity contribution >= 4 is 10.8 Å². The van der Waals surface area contributed by atoms with Gasteiger partial charge in [-0.2, -0.15) is 0 Å². The van der Waals surface area contributed by atoms with E-state index < -0.39 is 0 Å². The Morgan fingerprint density at radius 2 is 1.62 bits per heavy atom. The van der Waals surface area contributed by atoms with E-state index in [4.69, 9.17) is 10.5 Å². The molecule has 0 atom stereocenters. The Bertz CT molecular complexity index is 512. The summed E-state index contributed by atoms with van der Waals surface area (Å²) < 4.78 is 5.35. The maximum absolute atomic E-state index is 6.17. The molecule has 2 heteroatoms. The topological polar surface area (TPSA) is 35.2 Å². The SMILES string of the molecule is COc1cccc2c(C(C)(C)N)cccc12. The molecule has 2 rings (SSSR count). The van der Waals surface area contributed by atoms with Crippen LogP contribution < -0.4 is 10.5 Å². The van der Waals surface area contributed by atoms with Crippen molar-refractivity contribution in [1.29, 1.82) is 0 Å². The molecule has 0 radical (unpaired) electrons. The second-order valence-corrected chi connectivity index (χ2v) is 4.58. The Hall–Kier alpha value is -1.54. The van der Waals surface area contributed by atoms with Gasteiger partial charge < -0.3 is 10.5 Å². The standard InChI is InChI=1S/C14H17NO/c1-14(2,15)12-8-4-7-11-10(12)6-5-9-13(11)16-3/h4-9H,15H2,1-3H3. The monoisotopic (exact) mass is 215 g/mol. The number of methoxy groups -OCH3 is 1. The van der Waals surface area contributed by atoms with E-state index in [0.717, 1.165) is 22.1 Å². The van der Waals surface area contributed by atoms with E-state index in [-0.39, 0.29) is 5.54 Å². The fraction of sp³-hybridized carbons (Fsp3) is 0.286. The lowest BCUT2D eigenvalue weighted by Crippen LogP contribution is -2.28. The second-order valence-electron chi connectivity index (χ2n) is 4.58. The summed E-state index contributed by atoms with van der Waals surface area (Å²) in [7, 11) is 1.69. The van der Waals surface area contributed by atoms with Gasteiger partial charge in [-0.25, -0.2) is 0 Å². The molecule has 0 bridgehead atoms. The van der Waals surface area contributed by atoms with Crippen LogP contribution in [0.4, 0.5) is 0 Å². The Kier molecular flexibility index (Phi) is 2.60. The molecular weight excluding hydrogens is 198 g/mol. The van der Waals surface area contributed by atoms with Crippen molar-refractivity contribution in [2.45, 2.75) is 19.4 Å². The number of nitrogens with two attached hydrogens (primary N) is 1. The van der Waals surface area contributed by atoms with E-state index in [0.29, 0.717) is 0 Å². The molecule has 0 aromatic heterocycles. The second kappa shape index (κ2) is 3.80. The highest BCUT2D eigenvalue weighted by Gasteiger charge is 2.17. The summed E-state index contributed by atoms with van der Waals surface area (Å²) in [5.74, 6) is 0.892. The Morgan fingerprint density at radius 3 is 2.25 bits per heavy atom. The van der Waals surface area contributed by atoms with Gasteiger partial charge in [-0.05, 0) is 30.9 Å². The zero-order chi connectivity index (χ0) is 11.8. The van der Waals surface area contributed by atoms with Crippen LogP contribution in [-0.4, -0.2) is 7.11 Å². The maximum Gasteiger partial charge on any atom is 0.126 e. The van der Waals surface area contributed by atoms with Gasteiger partial charge in [0.2, 0.25) is 0 Å². The minimum absolute atomic E-state index is 0.341. The number of hydrogen-bond donors (Lipinski definition) is 1. The summed E-state index contributed by atoms with van der Waals surface area (Å²) >= 11 is 0. The summed E-state index contributed by atoms with van der Waals surface area (Å²) in [4.78, 5) is 0. The zero-order valence-corrected chi connectivity index (χ0v) is 9.95. The van der Waals surface area contributed by atoms with Crippen LogP contribution in [0.2, 0.25) is 0 Å². The van der Waals surface area contributed by atoms with Crippen molar-refractivity contribution in [3.63, 3.8) is 0 Å². The molecule has 2 aromatic carbocycles. The average Bonchev–Trinajstić information content (AvgIpc) is 2.26. The maximum atomic E-state index is 6.17. The number of benzene rings is 2. The van der Waals surface area contributed by atoms with E-state index >= 15 is 0 Å². The van der Waals surface area contributed by atoms with Crippen LogP contribution in [0.15, 0.2) is 36.4 Å². The van der Waals surface area contributed by atoms with Crippen LogP contribution in [0.3, 0.4) is 0 Å². The first kappa shape index (κ1) is 11.0. The fourth-order valence-corrected chi connectivity index (χ4v) is 2.02. The van der Waals surface area contributed by atoms with Gasteiger partial charge >= 0.3 is 0 Å². The first-order valence-corrected chi connectivity index (χ1v) is 5.39. The Labute approximate surface area is 96.0 Å². The third kappa shape index (κ3) is 1.76. The molecular formula is C14H17NO. The van der Waals surface area contributed by atoms with Crippen molar-refractivity contribution < 1.29 is 4.74 Å². The van der Waals surface area contributed by atoms with E-state index in [2.05, 4.69) is 18.2 Å². The number of hydrogen-bond acceptors (Lipinski definition) is 2. The minimum atomic E-state index is -0.341. The van der Waals surface area contributed by atoms with Crippen molar-refractivity contribution in [3.05, 3.63) is 42.0 Å². The van der Waals surface area contributed by atoms with Crippen molar-refractivity contribution in [2.75, 3.05) is 7.11 Å². The average molecular weight is 215 g/mol. The first-order valence-electron chi connectivity index (χ1n) is 5.39. The van der Waals surface area contributed by atoms with E-state index in [1.54, 1.807) is 7.11 Å². The summed E-state index contributed by atoms with van der Waals surface area (Å²) in [5.41, 5.74) is 6.97. The van der Waals surface area contributed by atoms with Gasteiger partial charge in [0.05, 0.1) is 7.11 Å². The Balaban J connectivity index is 2.79. The quantitative estimate of drug-likeness (QED) is 0.835. The lowest BCUT2D eigenvalue weighted by atomic mass is 9.90. The predicted molar refractivity (Wildman–Crippen MR) is 67.7 cm³/mol. The van der Waals surface area contributed by atoms with E-state index in [1.807, 2.05) is 32.0 Å². The molecule has 0 spiro atoms. The van der Waals surface area contributed by atoms with Crippen LogP contribution in [0.5, 0.6) is 5.75 Å². The Morgan fingerprint density at radius 1 is 1.00 bits per heavy atom. The lowest BCUT2D eigenvalue weighted by molar-refractivity contribution is 0.419. The number of rotatable bonds is 2. The molecule has 0 heterocycles. The van der Waals surface area contributed by atoms with Crippen molar-refractivity contribution in [3.8, 4) is 5.75 Å². The summed E-state index contributed by atoms with van der Waals surface area (Å²) in [6.45, 7) is 4.03. The van der Waals surface area contributed by atoms with Gasteiger partial charge in [0.15, 0.2) is 0 Å². The molecule has 2 aromatic rings. The molecule has 0 aliphatic carbocycles. The summed E-state index contributed by atoms with van der Waals surface area (Å²) in [6.07, 6.45) is 0. The molecule has 0 fully saturated rings. The summed E-state index contributed by atoms with van der Waals surface area (Å²) in [6, 6.07) is 12.2. The van der Waals surface area contributed by atoms with Crippen molar-refractivity contribution in [2.24, 2.45) is 5.73 Å². The normalized spacial score (nSPS) is 11.8. The van der Waals surface area contributed by atoms with E-state index in [1.165, 1.54) is 0 Å². The molecule has 0 amide bonds. The zero-order valence-electron chi connectivity index (χ0n) is 9.95. The van der Waals surface area contributed by atoms with Gasteiger partial charge in [-0.1, -0.05) is 30.3 Å². The molecule has 0 saturated heterocycles. The van der Waals surface area contributed by atoms with Crippen LogP contribution in [0.1, 0.15) is 19.4 Å². The van der Waals surface area contributed by atoms with Gasteiger partial charge in [0.25, 0.3) is 0 Å². The molecule has 0 saturated carbocycles. The number of fused-ring (bicyclic) bond motifs is 1. The van der Waals surface area contributed by atoms with Gasteiger partial charge in [0.1, 0.15) is 5.75 Å². The van der Waals surface area contributed by atoms with Crippen LogP contribution >= 0.6 is 0 Å². The van der Waals surface area contributed by atoms with Crippen LogP contribution in [0, 0.1) is 0 Å². The smallest absolute Gasteiger partial charge is 0.126 e. The molecule has 16 heavy (non-hydrogen) atoms. The number of ether oxygens (including phenoxy) is 1. The molecule has 2 nitrogen and oxygen atoms in total. The van der Waals surface area contributed by atoms with Crippen LogP contribution in [0.25, 0.3) is 10.8 Å². The van der Waals surface area contributed by atoms with E-state index in [9.17, 15) is 0 Å². The third-order valence-electron chi connectivity index (χ3n) is 2.80. The van der Waals surface area contributed by atoms with Crippen molar-refractivity contribution in [1.82, 2.24) is 0 Å². The molecule has 2 N–H and O–H groups in total. The van der Waals surface area contributed by atoms with Crippen LogP contribution in [-0.2, 0) is 5.54 Å². The third-order valence-corrected chi connectivity index (χ3v) is 2.80. The fourth-order valence-electron chi connectivity index (χ4n) is 2.02. The summed E-state index contributed by atoms with van der Waals surface area (Å²) in [5, 5.41) is 2.27. The molecule has 0 unspecified atom stereocenters. The molecule has 0 aliphatic heterocycles. The minimum Gasteiger partial charge on any atom is -0.496 e. The first-order chi connectivity index (χ1) is 7.54. The molecule has 84 valence electrons. The highest BCUT2D eigenvalue weighted by molar-refractivity contribution is 5.91. The lowest BCUT2D eigenvalue weighted by Gasteiger charge is -2.21. The van der Waals surface area contributed by atoms with Gasteiger partial charge in [-0.3, -0.25) is 0 Å². The van der Waals surface area contributed by atoms with Gasteiger partial charge in [0, 0.05) is 10.9 Å². The highest BCUT2D eigenvalue weighted by Crippen LogP contribution is 2.31. The highest BCUT2D eigenvalue weighted by atomic mass is 16.5.